The van der Waals surface area contributed by atoms with Gasteiger partial charge in [0.05, 0.1) is 0 Å². The molecule has 2 aliphatic heterocycles. The first-order valence-corrected chi connectivity index (χ1v) is 7.78. The maximum atomic E-state index is 12.9. The van der Waals surface area contributed by atoms with Crippen LogP contribution in [0.4, 0.5) is 0 Å². The van der Waals surface area contributed by atoms with E-state index < -0.39 is 0 Å². The van der Waals surface area contributed by atoms with Gasteiger partial charge in [0.15, 0.2) is 0 Å². The molecule has 114 valence electrons. The number of hydrogen-bond acceptors (Lipinski definition) is 3. The van der Waals surface area contributed by atoms with Crippen LogP contribution in [0, 0.1) is 5.92 Å². The lowest BCUT2D eigenvalue weighted by atomic mass is 9.99. The molecule has 3 rings (SSSR count). The minimum atomic E-state index is -0.125. The van der Waals surface area contributed by atoms with Crippen LogP contribution in [0.3, 0.4) is 0 Å². The summed E-state index contributed by atoms with van der Waals surface area (Å²) >= 11 is 0. The van der Waals surface area contributed by atoms with Crippen molar-refractivity contribution in [3.05, 3.63) is 29.8 Å². The Balaban J connectivity index is 1.75. The Labute approximate surface area is 126 Å². The number of amides is 1. The van der Waals surface area contributed by atoms with Crippen LogP contribution in [-0.4, -0.2) is 55.5 Å². The minimum Gasteiger partial charge on any atom is -0.492 e. The van der Waals surface area contributed by atoms with E-state index in [-0.39, 0.29) is 11.8 Å². The van der Waals surface area contributed by atoms with Crippen LogP contribution in [0.25, 0.3) is 0 Å². The summed E-state index contributed by atoms with van der Waals surface area (Å²) in [6, 6.07) is 8.37. The standard InChI is InChI=1S/C17H24N2O2/c1-4-12-9-19(10-15(12)18(2)3)17(20)14-11-21-16-8-6-5-7-13(14)16/h5-8,12,14-15H,4,9-11H2,1-3H3. The van der Waals surface area contributed by atoms with Crippen LogP contribution in [0.5, 0.6) is 5.75 Å². The van der Waals surface area contributed by atoms with Gasteiger partial charge in [-0.2, -0.15) is 0 Å². The van der Waals surface area contributed by atoms with E-state index in [0.717, 1.165) is 30.8 Å². The number of carbonyl (C=O) groups is 1. The largest absolute Gasteiger partial charge is 0.492 e. The van der Waals surface area contributed by atoms with E-state index in [1.54, 1.807) is 0 Å². The molecule has 1 amide bonds. The zero-order valence-corrected chi connectivity index (χ0v) is 13.1. The predicted octanol–water partition coefficient (Wildman–Crippen LogP) is 1.96. The molecule has 0 aromatic heterocycles. The van der Waals surface area contributed by atoms with Crippen molar-refractivity contribution in [2.24, 2.45) is 5.92 Å². The molecular formula is C17H24N2O2. The van der Waals surface area contributed by atoms with Gasteiger partial charge in [0.25, 0.3) is 0 Å². The highest BCUT2D eigenvalue weighted by atomic mass is 16.5. The Morgan fingerprint density at radius 3 is 2.76 bits per heavy atom. The monoisotopic (exact) mass is 288 g/mol. The van der Waals surface area contributed by atoms with E-state index in [0.29, 0.717) is 18.6 Å². The van der Waals surface area contributed by atoms with Gasteiger partial charge < -0.3 is 14.5 Å². The van der Waals surface area contributed by atoms with E-state index in [4.69, 9.17) is 4.74 Å². The highest BCUT2D eigenvalue weighted by Gasteiger charge is 2.40. The first-order chi connectivity index (χ1) is 10.1. The number of ether oxygens (including phenoxy) is 1. The highest BCUT2D eigenvalue weighted by molar-refractivity contribution is 5.86. The van der Waals surface area contributed by atoms with Crippen LogP contribution in [0.2, 0.25) is 0 Å². The average Bonchev–Trinajstić information content (AvgIpc) is 3.10. The summed E-state index contributed by atoms with van der Waals surface area (Å²) in [4.78, 5) is 17.2. The van der Waals surface area contributed by atoms with Crippen LogP contribution in [0.1, 0.15) is 24.8 Å². The number of fused-ring (bicyclic) bond motifs is 1. The molecule has 4 nitrogen and oxygen atoms in total. The lowest BCUT2D eigenvalue weighted by molar-refractivity contribution is -0.132. The topological polar surface area (TPSA) is 32.8 Å². The van der Waals surface area contributed by atoms with Crippen LogP contribution >= 0.6 is 0 Å². The van der Waals surface area contributed by atoms with Gasteiger partial charge in [-0.25, -0.2) is 0 Å². The summed E-state index contributed by atoms with van der Waals surface area (Å²) < 4.78 is 5.66. The molecule has 0 spiro atoms. The molecule has 0 bridgehead atoms. The minimum absolute atomic E-state index is 0.125. The first kappa shape index (κ1) is 14.4. The second-order valence-electron chi connectivity index (χ2n) is 6.34. The fourth-order valence-corrected chi connectivity index (χ4v) is 3.61. The maximum absolute atomic E-state index is 12.9. The number of hydrogen-bond donors (Lipinski definition) is 0. The molecule has 2 aliphatic rings. The Morgan fingerprint density at radius 2 is 2.10 bits per heavy atom. The summed E-state index contributed by atoms with van der Waals surface area (Å²) in [6.07, 6.45) is 1.12. The molecule has 3 atom stereocenters. The molecule has 1 saturated heterocycles. The van der Waals surface area contributed by atoms with Crippen molar-refractivity contribution in [1.29, 1.82) is 0 Å². The Hall–Kier alpha value is -1.55. The van der Waals surface area contributed by atoms with Gasteiger partial charge in [-0.1, -0.05) is 31.5 Å². The molecule has 21 heavy (non-hydrogen) atoms. The lowest BCUT2D eigenvalue weighted by Crippen LogP contribution is -2.38. The van der Waals surface area contributed by atoms with Gasteiger partial charge in [-0.3, -0.25) is 4.79 Å². The van der Waals surface area contributed by atoms with Crippen molar-refractivity contribution in [3.8, 4) is 5.75 Å². The Morgan fingerprint density at radius 1 is 1.33 bits per heavy atom. The Kier molecular flexibility index (Phi) is 3.89. The van der Waals surface area contributed by atoms with Crippen LogP contribution < -0.4 is 4.74 Å². The van der Waals surface area contributed by atoms with E-state index in [2.05, 4.69) is 25.9 Å². The molecule has 1 aromatic rings. The molecule has 0 aliphatic carbocycles. The van der Waals surface area contributed by atoms with E-state index >= 15 is 0 Å². The van der Waals surface area contributed by atoms with Gasteiger partial charge in [-0.15, -0.1) is 0 Å². The molecule has 0 saturated carbocycles. The van der Waals surface area contributed by atoms with Crippen LogP contribution in [0.15, 0.2) is 24.3 Å². The molecular weight excluding hydrogens is 264 g/mol. The molecule has 1 fully saturated rings. The fraction of sp³-hybridized carbons (Fsp3) is 0.588. The van der Waals surface area contributed by atoms with E-state index in [1.807, 2.05) is 29.2 Å². The number of likely N-dealkylation sites (tertiary alicyclic amines) is 1. The Bertz CT molecular complexity index is 529. The first-order valence-electron chi connectivity index (χ1n) is 7.78. The number of rotatable bonds is 3. The maximum Gasteiger partial charge on any atom is 0.233 e. The number of likely N-dealkylation sites (N-methyl/N-ethyl adjacent to an activating group) is 1. The van der Waals surface area contributed by atoms with Gasteiger partial charge in [0.2, 0.25) is 5.91 Å². The van der Waals surface area contributed by atoms with Gasteiger partial charge in [0, 0.05) is 24.7 Å². The predicted molar refractivity (Wildman–Crippen MR) is 82.5 cm³/mol. The summed E-state index contributed by atoms with van der Waals surface area (Å²) in [5, 5.41) is 0. The number of nitrogens with zero attached hydrogens (tertiary/aromatic N) is 2. The van der Waals surface area contributed by atoms with Crippen molar-refractivity contribution in [2.75, 3.05) is 33.8 Å². The second-order valence-corrected chi connectivity index (χ2v) is 6.34. The molecule has 0 radical (unpaired) electrons. The number of carbonyl (C=O) groups excluding carboxylic acids is 1. The van der Waals surface area contributed by atoms with Crippen molar-refractivity contribution in [2.45, 2.75) is 25.3 Å². The summed E-state index contributed by atoms with van der Waals surface area (Å²) in [7, 11) is 4.21. The van der Waals surface area contributed by atoms with Gasteiger partial charge in [0.1, 0.15) is 18.3 Å². The second kappa shape index (κ2) is 5.68. The zero-order valence-electron chi connectivity index (χ0n) is 13.1. The summed E-state index contributed by atoms with van der Waals surface area (Å²) in [6.45, 7) is 4.40. The third-order valence-electron chi connectivity index (χ3n) is 4.90. The quantitative estimate of drug-likeness (QED) is 0.852. The lowest BCUT2D eigenvalue weighted by Gasteiger charge is -2.24. The van der Waals surface area contributed by atoms with E-state index in [9.17, 15) is 4.79 Å². The zero-order chi connectivity index (χ0) is 15.0. The highest BCUT2D eigenvalue weighted by Crippen LogP contribution is 2.36. The van der Waals surface area contributed by atoms with E-state index in [1.165, 1.54) is 0 Å². The third kappa shape index (κ3) is 2.53. The fourth-order valence-electron chi connectivity index (χ4n) is 3.61. The molecule has 2 heterocycles. The number of benzene rings is 1. The smallest absolute Gasteiger partial charge is 0.233 e. The van der Waals surface area contributed by atoms with Crippen LogP contribution in [-0.2, 0) is 4.79 Å². The van der Waals surface area contributed by atoms with Gasteiger partial charge in [-0.05, 0) is 26.1 Å². The molecule has 4 heteroatoms. The van der Waals surface area contributed by atoms with Gasteiger partial charge >= 0.3 is 0 Å². The summed E-state index contributed by atoms with van der Waals surface area (Å²) in [5.74, 6) is 1.54. The van der Waals surface area contributed by atoms with Crippen molar-refractivity contribution in [3.63, 3.8) is 0 Å². The SMILES string of the molecule is CCC1CN(C(=O)C2COc3ccccc32)CC1N(C)C. The van der Waals surface area contributed by atoms with Crippen molar-refractivity contribution < 1.29 is 9.53 Å². The molecule has 0 N–H and O–H groups in total. The molecule has 3 unspecified atom stereocenters. The normalized spacial score (nSPS) is 27.8. The third-order valence-corrected chi connectivity index (χ3v) is 4.90. The van der Waals surface area contributed by atoms with Crippen molar-refractivity contribution >= 4 is 5.91 Å². The van der Waals surface area contributed by atoms with Crippen molar-refractivity contribution in [1.82, 2.24) is 9.80 Å². The molecule has 1 aromatic carbocycles. The summed E-state index contributed by atoms with van der Waals surface area (Å²) in [5.41, 5.74) is 1.05. The number of para-hydroxylation sites is 1. The average molecular weight is 288 g/mol.